The highest BCUT2D eigenvalue weighted by Gasteiger charge is 2.36. The van der Waals surface area contributed by atoms with Crippen molar-refractivity contribution >= 4 is 50.2 Å². The van der Waals surface area contributed by atoms with Gasteiger partial charge in [-0.05, 0) is 73.0 Å². The molecule has 4 rings (SSSR count). The average molecular weight is 596 g/mol. The summed E-state index contributed by atoms with van der Waals surface area (Å²) in [6.45, 7) is 0.976. The molecule has 38 heavy (non-hydrogen) atoms. The van der Waals surface area contributed by atoms with Gasteiger partial charge in [-0.15, -0.1) is 0 Å². The number of halogens is 2. The van der Waals surface area contributed by atoms with E-state index in [0.717, 1.165) is 0 Å². The summed E-state index contributed by atoms with van der Waals surface area (Å²) >= 11 is 12.1. The number of ether oxygens (including phenoxy) is 1. The maximum absolute atomic E-state index is 13.9. The van der Waals surface area contributed by atoms with Crippen molar-refractivity contribution in [3.05, 3.63) is 98.9 Å². The molecular formula is C27H28Cl2N2O5S2. The summed E-state index contributed by atoms with van der Waals surface area (Å²) in [4.78, 5) is 12.7. The zero-order chi connectivity index (χ0) is 27.3. The first-order valence-electron chi connectivity index (χ1n) is 12.0. The molecule has 2 aliphatic rings. The third-order valence-corrected chi connectivity index (χ3v) is 10.4. The van der Waals surface area contributed by atoms with E-state index in [0.29, 0.717) is 58.4 Å². The highest BCUT2D eigenvalue weighted by molar-refractivity contribution is 7.89. The number of carbonyl (C=O) groups excluding carboxylic acids is 1. The smallest absolute Gasteiger partial charge is 0.337 e. The minimum absolute atomic E-state index is 0.0847. The van der Waals surface area contributed by atoms with Crippen LogP contribution in [0.5, 0.6) is 0 Å². The lowest BCUT2D eigenvalue weighted by Crippen LogP contribution is -2.50. The van der Waals surface area contributed by atoms with Crippen LogP contribution in [0.2, 0.25) is 5.02 Å². The van der Waals surface area contributed by atoms with Crippen LogP contribution in [0.15, 0.2) is 87.7 Å². The van der Waals surface area contributed by atoms with Crippen LogP contribution in [0.25, 0.3) is 0 Å². The van der Waals surface area contributed by atoms with Crippen LogP contribution < -0.4 is 0 Å². The summed E-state index contributed by atoms with van der Waals surface area (Å²) < 4.78 is 49.3. The summed E-state index contributed by atoms with van der Waals surface area (Å²) in [7, 11) is -4.06. The second-order valence-electron chi connectivity index (χ2n) is 8.92. The Balaban J connectivity index is 1.63. The SMILES string of the molecule is COC(=O)c1ccc(CN(C2CCCN(S(=O)C3=CC=C(Cl)C=CC3)C2)S(=O)(=O)c2ccc(Cl)cc2)cc1. The van der Waals surface area contributed by atoms with Crippen LogP contribution in [0, 0.1) is 0 Å². The Labute approximate surface area is 236 Å². The molecular weight excluding hydrogens is 567 g/mol. The number of sulfonamides is 1. The lowest BCUT2D eigenvalue weighted by atomic mass is 10.1. The number of nitrogens with zero attached hydrogens (tertiary/aromatic N) is 2. The van der Waals surface area contributed by atoms with Crippen LogP contribution in [-0.2, 0) is 32.3 Å². The van der Waals surface area contributed by atoms with Crippen LogP contribution >= 0.6 is 23.2 Å². The predicted molar refractivity (Wildman–Crippen MR) is 150 cm³/mol. The molecule has 0 amide bonds. The van der Waals surface area contributed by atoms with Crippen LogP contribution in [0.4, 0.5) is 0 Å². The Morgan fingerprint density at radius 3 is 2.50 bits per heavy atom. The molecule has 1 aliphatic heterocycles. The standard InChI is InChI=1S/C27H28Cl2N2O5S2/c1-36-27(32)21-9-7-20(8-10-21)18-31(38(34,35)26-15-12-23(29)13-16-26)24-5-3-17-30(19-24)37(33)25-6-2-4-22(28)11-14-25/h2,4,7-16,24H,3,5-6,17-19H2,1H3. The largest absolute Gasteiger partial charge is 0.465 e. The monoisotopic (exact) mass is 594 g/mol. The van der Waals surface area contributed by atoms with E-state index in [1.54, 1.807) is 54.6 Å². The number of esters is 1. The van der Waals surface area contributed by atoms with E-state index in [2.05, 4.69) is 0 Å². The Hall–Kier alpha value is -2.27. The van der Waals surface area contributed by atoms with Crippen LogP contribution in [-0.4, -0.2) is 53.4 Å². The van der Waals surface area contributed by atoms with Crippen molar-refractivity contribution in [2.75, 3.05) is 20.2 Å². The molecule has 1 aliphatic carbocycles. The number of rotatable bonds is 8. The molecule has 0 spiro atoms. The number of benzene rings is 2. The minimum atomic E-state index is -3.93. The molecule has 0 bridgehead atoms. The van der Waals surface area contributed by atoms with Crippen molar-refractivity contribution in [3.8, 4) is 0 Å². The van der Waals surface area contributed by atoms with Gasteiger partial charge in [-0.25, -0.2) is 21.7 Å². The molecule has 1 fully saturated rings. The molecule has 0 radical (unpaired) electrons. The predicted octanol–water partition coefficient (Wildman–Crippen LogP) is 5.41. The molecule has 0 aromatic heterocycles. The van der Waals surface area contributed by atoms with E-state index in [1.165, 1.54) is 23.5 Å². The van der Waals surface area contributed by atoms with E-state index in [1.807, 2.05) is 10.4 Å². The highest BCUT2D eigenvalue weighted by atomic mass is 35.5. The van der Waals surface area contributed by atoms with E-state index >= 15 is 0 Å². The summed E-state index contributed by atoms with van der Waals surface area (Å²) in [5, 5.41) is 1.000. The summed E-state index contributed by atoms with van der Waals surface area (Å²) in [5.74, 6) is -0.466. The third kappa shape index (κ3) is 6.83. The van der Waals surface area contributed by atoms with Gasteiger partial charge in [-0.1, -0.05) is 41.4 Å². The topological polar surface area (TPSA) is 84.0 Å². The summed E-state index contributed by atoms with van der Waals surface area (Å²) in [6.07, 6.45) is 8.93. The van der Waals surface area contributed by atoms with Crippen LogP contribution in [0.3, 0.4) is 0 Å². The van der Waals surface area contributed by atoms with E-state index in [9.17, 15) is 17.4 Å². The highest BCUT2D eigenvalue weighted by Crippen LogP contribution is 2.29. The molecule has 2 aromatic carbocycles. The van der Waals surface area contributed by atoms with Gasteiger partial charge < -0.3 is 4.74 Å². The lowest BCUT2D eigenvalue weighted by molar-refractivity contribution is 0.0600. The number of allylic oxidation sites excluding steroid dienone is 6. The van der Waals surface area contributed by atoms with Crippen LogP contribution in [0.1, 0.15) is 35.2 Å². The number of methoxy groups -OCH3 is 1. The van der Waals surface area contributed by atoms with Gasteiger partial charge in [0.15, 0.2) is 0 Å². The normalized spacial score (nSPS) is 19.4. The zero-order valence-corrected chi connectivity index (χ0v) is 23.9. The number of piperidine rings is 1. The van der Waals surface area contributed by atoms with Gasteiger partial charge in [-0.2, -0.15) is 4.31 Å². The van der Waals surface area contributed by atoms with Gasteiger partial charge in [0.05, 0.1) is 17.6 Å². The summed E-state index contributed by atoms with van der Waals surface area (Å²) in [5.41, 5.74) is 1.09. The maximum atomic E-state index is 13.9. The first kappa shape index (κ1) is 28.7. The Morgan fingerprint density at radius 1 is 1.11 bits per heavy atom. The molecule has 202 valence electrons. The Morgan fingerprint density at radius 2 is 1.82 bits per heavy atom. The van der Waals surface area contributed by atoms with Gasteiger partial charge in [0.1, 0.15) is 11.0 Å². The first-order valence-corrected chi connectivity index (χ1v) is 15.3. The van der Waals surface area contributed by atoms with Gasteiger partial charge in [-0.3, -0.25) is 0 Å². The fraction of sp³-hybridized carbons (Fsp3) is 0.296. The van der Waals surface area contributed by atoms with Crippen molar-refractivity contribution in [2.45, 2.75) is 36.7 Å². The van der Waals surface area contributed by atoms with E-state index < -0.39 is 33.0 Å². The molecule has 0 saturated carbocycles. The van der Waals surface area contributed by atoms with Crippen molar-refractivity contribution in [2.24, 2.45) is 0 Å². The second kappa shape index (κ2) is 12.7. The maximum Gasteiger partial charge on any atom is 0.337 e. The number of carbonyl (C=O) groups is 1. The zero-order valence-electron chi connectivity index (χ0n) is 20.8. The third-order valence-electron chi connectivity index (χ3n) is 6.38. The molecule has 11 heteroatoms. The van der Waals surface area contributed by atoms with Gasteiger partial charge in [0.2, 0.25) is 10.0 Å². The fourth-order valence-corrected chi connectivity index (χ4v) is 7.65. The van der Waals surface area contributed by atoms with Crippen molar-refractivity contribution in [1.29, 1.82) is 0 Å². The van der Waals surface area contributed by atoms with E-state index in [4.69, 9.17) is 27.9 Å². The Kier molecular flexibility index (Phi) is 9.62. The molecule has 7 nitrogen and oxygen atoms in total. The summed E-state index contributed by atoms with van der Waals surface area (Å²) in [6, 6.07) is 12.3. The minimum Gasteiger partial charge on any atom is -0.465 e. The molecule has 1 saturated heterocycles. The van der Waals surface area contributed by atoms with Gasteiger partial charge >= 0.3 is 5.97 Å². The molecule has 2 aromatic rings. The van der Waals surface area contributed by atoms with Gasteiger partial charge in [0.25, 0.3) is 0 Å². The van der Waals surface area contributed by atoms with Crippen molar-refractivity contribution in [3.63, 3.8) is 0 Å². The molecule has 2 unspecified atom stereocenters. The average Bonchev–Trinajstić information content (AvgIpc) is 3.15. The van der Waals surface area contributed by atoms with Crippen molar-refractivity contribution in [1.82, 2.24) is 8.61 Å². The number of hydrogen-bond donors (Lipinski definition) is 0. The Bertz CT molecular complexity index is 1390. The first-order chi connectivity index (χ1) is 18.2. The molecule has 1 heterocycles. The lowest BCUT2D eigenvalue weighted by Gasteiger charge is -2.38. The number of hydrogen-bond acceptors (Lipinski definition) is 5. The molecule has 0 N–H and O–H groups in total. The van der Waals surface area contributed by atoms with Gasteiger partial charge in [0, 0.05) is 47.1 Å². The quantitative estimate of drug-likeness (QED) is 0.381. The van der Waals surface area contributed by atoms with E-state index in [-0.39, 0.29) is 11.4 Å². The van der Waals surface area contributed by atoms with Crippen molar-refractivity contribution < 1.29 is 22.2 Å². The molecule has 2 atom stereocenters. The second-order valence-corrected chi connectivity index (χ2v) is 13.2. The fourth-order valence-electron chi connectivity index (χ4n) is 4.38.